The number of nitrogens with zero attached hydrogens (tertiary/aromatic N) is 1. The van der Waals surface area contributed by atoms with Gasteiger partial charge >= 0.3 is 23.9 Å². The van der Waals surface area contributed by atoms with E-state index in [1.807, 2.05) is 30.3 Å². The maximum atomic E-state index is 12.5. The molecule has 13 nitrogen and oxygen atoms in total. The molecule has 0 spiro atoms. The summed E-state index contributed by atoms with van der Waals surface area (Å²) < 4.78 is 41.2. The molecule has 2 aromatic carbocycles. The van der Waals surface area contributed by atoms with Gasteiger partial charge in [0, 0.05) is 44.7 Å². The first kappa shape index (κ1) is 34.9. The van der Waals surface area contributed by atoms with Crippen LogP contribution in [0.5, 0.6) is 5.75 Å². The van der Waals surface area contributed by atoms with E-state index in [0.717, 1.165) is 38.0 Å². The van der Waals surface area contributed by atoms with E-state index in [-0.39, 0.29) is 6.61 Å². The fourth-order valence-electron chi connectivity index (χ4n) is 6.05. The first-order valence-electron chi connectivity index (χ1n) is 15.2. The summed E-state index contributed by atoms with van der Waals surface area (Å²) in [5.74, 6) is -3.46. The van der Waals surface area contributed by atoms with E-state index in [1.165, 1.54) is 21.0 Å². The van der Waals surface area contributed by atoms with Crippen LogP contribution in [-0.4, -0.2) is 73.8 Å². The fraction of sp³-hybridized carbons (Fsp3) is 0.441. The molecule has 2 heterocycles. The molecule has 2 fully saturated rings. The minimum Gasteiger partial charge on any atom is -0.463 e. The highest BCUT2D eigenvalue weighted by Crippen LogP contribution is 2.53. The van der Waals surface area contributed by atoms with Crippen LogP contribution in [-0.2, 0) is 64.6 Å². The van der Waals surface area contributed by atoms with Crippen molar-refractivity contribution < 1.29 is 57.2 Å². The lowest BCUT2D eigenvalue weighted by atomic mass is 9.83. The van der Waals surface area contributed by atoms with Gasteiger partial charge in [0.1, 0.15) is 30.9 Å². The lowest BCUT2D eigenvalue weighted by Crippen LogP contribution is -2.68. The summed E-state index contributed by atoms with van der Waals surface area (Å²) in [6, 6.07) is 12.5. The van der Waals surface area contributed by atoms with E-state index < -0.39 is 60.2 Å². The molecule has 0 amide bonds. The maximum absolute atomic E-state index is 12.5. The smallest absolute Gasteiger partial charge is 0.303 e. The molecule has 2 aromatic rings. The average molecular weight is 686 g/mol. The lowest BCUT2D eigenvalue weighted by molar-refractivity contribution is -0.334. The van der Waals surface area contributed by atoms with Crippen LogP contribution in [0.2, 0.25) is 5.02 Å². The number of hydrogen-bond acceptors (Lipinski definition) is 13. The van der Waals surface area contributed by atoms with Gasteiger partial charge in [0.05, 0.1) is 6.61 Å². The molecule has 5 rings (SSSR count). The van der Waals surface area contributed by atoms with Gasteiger partial charge in [-0.05, 0) is 54.3 Å². The Labute approximate surface area is 282 Å². The van der Waals surface area contributed by atoms with Crippen molar-refractivity contribution in [3.8, 4) is 5.75 Å². The summed E-state index contributed by atoms with van der Waals surface area (Å²) in [5.41, 5.74) is 1.04. The molecular weight excluding hydrogens is 650 g/mol. The molecule has 0 N–H and O–H groups in total. The van der Waals surface area contributed by atoms with Gasteiger partial charge in [-0.2, -0.15) is 0 Å². The monoisotopic (exact) mass is 685 g/mol. The van der Waals surface area contributed by atoms with E-state index >= 15 is 0 Å². The predicted octanol–water partition coefficient (Wildman–Crippen LogP) is 4.30. The highest BCUT2D eigenvalue weighted by atomic mass is 35.5. The summed E-state index contributed by atoms with van der Waals surface area (Å²) in [7, 11) is 1.49. The number of allylic oxidation sites excluding steroid dienone is 2. The Morgan fingerprint density at radius 1 is 0.917 bits per heavy atom. The Hall–Kier alpha value is -4.46. The van der Waals surface area contributed by atoms with Crippen LogP contribution >= 0.6 is 11.6 Å². The van der Waals surface area contributed by atoms with Gasteiger partial charge in [0.2, 0.25) is 11.9 Å². The molecule has 14 heteroatoms. The van der Waals surface area contributed by atoms with E-state index in [9.17, 15) is 19.2 Å². The molecule has 256 valence electrons. The first-order chi connectivity index (χ1) is 22.9. The van der Waals surface area contributed by atoms with Crippen molar-refractivity contribution in [1.82, 2.24) is 0 Å². The van der Waals surface area contributed by atoms with Gasteiger partial charge in [-0.15, -0.1) is 0 Å². The second-order valence-electron chi connectivity index (χ2n) is 11.6. The number of oxime groups is 1. The minimum atomic E-state index is -1.88. The van der Waals surface area contributed by atoms with Crippen LogP contribution in [0.3, 0.4) is 0 Å². The highest BCUT2D eigenvalue weighted by Gasteiger charge is 2.72. The topological polar surface area (TPSA) is 154 Å². The summed E-state index contributed by atoms with van der Waals surface area (Å²) in [6.45, 7) is 4.00. The zero-order chi connectivity index (χ0) is 34.6. The number of halogens is 1. The molecule has 0 radical (unpaired) electrons. The number of carbonyl (C=O) groups is 4. The Morgan fingerprint density at radius 3 is 2.25 bits per heavy atom. The molecule has 2 saturated heterocycles. The number of hydrogen-bond donors (Lipinski definition) is 0. The van der Waals surface area contributed by atoms with Crippen molar-refractivity contribution in [1.29, 1.82) is 0 Å². The lowest BCUT2D eigenvalue weighted by Gasteiger charge is -2.49. The third-order valence-corrected chi connectivity index (χ3v) is 8.34. The summed E-state index contributed by atoms with van der Waals surface area (Å²) in [5, 5.41) is 4.45. The quantitative estimate of drug-likeness (QED) is 0.188. The first-order valence-corrected chi connectivity index (χ1v) is 15.6. The summed E-state index contributed by atoms with van der Waals surface area (Å²) >= 11 is 6.68. The predicted molar refractivity (Wildman–Crippen MR) is 168 cm³/mol. The van der Waals surface area contributed by atoms with Crippen LogP contribution in [0.25, 0.3) is 0 Å². The summed E-state index contributed by atoms with van der Waals surface area (Å²) in [6.07, 6.45) is -0.338. The minimum absolute atomic E-state index is 0.277. The normalized spacial score (nSPS) is 26.8. The van der Waals surface area contributed by atoms with Gasteiger partial charge in [-0.25, -0.2) is 0 Å². The maximum Gasteiger partial charge on any atom is 0.303 e. The van der Waals surface area contributed by atoms with Crippen LogP contribution in [0.15, 0.2) is 59.5 Å². The Kier molecular flexibility index (Phi) is 10.4. The average Bonchev–Trinajstić information content (AvgIpc) is 3.62. The van der Waals surface area contributed by atoms with Gasteiger partial charge < -0.3 is 38.0 Å². The van der Waals surface area contributed by atoms with E-state index in [4.69, 9.17) is 49.6 Å². The van der Waals surface area contributed by atoms with Crippen molar-refractivity contribution in [3.63, 3.8) is 0 Å². The largest absolute Gasteiger partial charge is 0.463 e. The molecule has 0 aromatic heterocycles. The number of ether oxygens (including phenoxy) is 7. The van der Waals surface area contributed by atoms with Crippen LogP contribution in [0, 0.1) is 0 Å². The Morgan fingerprint density at radius 2 is 1.60 bits per heavy atom. The summed E-state index contributed by atoms with van der Waals surface area (Å²) in [4.78, 5) is 53.9. The molecule has 2 bridgehead atoms. The van der Waals surface area contributed by atoms with Gasteiger partial charge in [0.15, 0.2) is 17.8 Å². The molecule has 48 heavy (non-hydrogen) atoms. The third-order valence-electron chi connectivity index (χ3n) is 7.97. The second-order valence-corrected chi connectivity index (χ2v) is 12.0. The number of esters is 4. The van der Waals surface area contributed by atoms with Gasteiger partial charge in [-0.1, -0.05) is 35.0 Å². The standard InChI is InChI=1S/C34H36ClNO12/c1-19(37)42-17-33-18-43-34(48-33,32(46-22(4)40)30(44-20(2)38)31(33)45-21(3)39)25-11-14-27(35)24(16-25)15-23-9-12-26(13-10-23)47-29-8-6-7-28(29)36-41-5/h8-14,16,30-32H,6-7,15,17-18H2,1-5H3/b36-28+/t30-,31-,32+,33-,34-/m0/s1. The van der Waals surface area contributed by atoms with E-state index in [0.29, 0.717) is 34.1 Å². The molecule has 2 aliphatic heterocycles. The van der Waals surface area contributed by atoms with Crippen molar-refractivity contribution in [2.75, 3.05) is 20.3 Å². The molecule has 3 aliphatic rings. The number of benzene rings is 2. The van der Waals surface area contributed by atoms with E-state index in [2.05, 4.69) is 5.16 Å². The van der Waals surface area contributed by atoms with E-state index in [1.54, 1.807) is 18.2 Å². The highest BCUT2D eigenvalue weighted by molar-refractivity contribution is 6.31. The zero-order valence-corrected chi connectivity index (χ0v) is 27.9. The van der Waals surface area contributed by atoms with Crippen molar-refractivity contribution >= 4 is 41.2 Å². The van der Waals surface area contributed by atoms with Gasteiger partial charge in [0.25, 0.3) is 0 Å². The number of fused-ring (bicyclic) bond motifs is 2. The SMILES string of the molecule is CO/N=C1\CCC=C1Oc1ccc(Cc2cc([C@]34OC[C@](COC(C)=O)(O3)[C@@H](OC(C)=O)[C@H](OC(C)=O)[C@H]4OC(C)=O)ccc2Cl)cc1. The van der Waals surface area contributed by atoms with Crippen molar-refractivity contribution in [2.24, 2.45) is 5.16 Å². The van der Waals surface area contributed by atoms with Crippen molar-refractivity contribution in [3.05, 3.63) is 76.0 Å². The molecule has 1 aliphatic carbocycles. The molecular formula is C34H36ClNO12. The second kappa shape index (κ2) is 14.3. The third kappa shape index (κ3) is 7.33. The molecule has 5 atom stereocenters. The molecule has 0 saturated carbocycles. The van der Waals surface area contributed by atoms with Crippen LogP contribution < -0.4 is 4.74 Å². The Balaban J connectivity index is 1.50. The number of rotatable bonds is 11. The van der Waals surface area contributed by atoms with Gasteiger partial charge in [-0.3, -0.25) is 19.2 Å². The molecule has 0 unspecified atom stereocenters. The number of carbonyl (C=O) groups excluding carboxylic acids is 4. The zero-order valence-electron chi connectivity index (χ0n) is 27.1. The Bertz CT molecular complexity index is 1640. The van der Waals surface area contributed by atoms with Crippen LogP contribution in [0.1, 0.15) is 57.2 Å². The fourth-order valence-corrected chi connectivity index (χ4v) is 6.24. The van der Waals surface area contributed by atoms with Crippen LogP contribution in [0.4, 0.5) is 0 Å². The van der Waals surface area contributed by atoms with Crippen molar-refractivity contribution in [2.45, 2.75) is 76.7 Å².